The number of aromatic nitrogens is 2. The van der Waals surface area contributed by atoms with Crippen molar-refractivity contribution in [3.05, 3.63) is 36.3 Å². The molecule has 1 N–H and O–H groups in total. The number of carboxylic acid groups (broad SMARTS) is 1. The van der Waals surface area contributed by atoms with E-state index in [2.05, 4.69) is 16.0 Å². The van der Waals surface area contributed by atoms with Crippen LogP contribution >= 0.6 is 0 Å². The third-order valence-corrected chi connectivity index (χ3v) is 5.74. The quantitative estimate of drug-likeness (QED) is 0.936. The number of nitrogens with zero attached hydrogens (tertiary/aromatic N) is 2. The van der Waals surface area contributed by atoms with Crippen LogP contribution in [-0.2, 0) is 4.79 Å². The summed E-state index contributed by atoms with van der Waals surface area (Å²) in [5.41, 5.74) is 1.95. The average molecular weight is 296 g/mol. The Labute approximate surface area is 129 Å². The zero-order chi connectivity index (χ0) is 15.2. The monoisotopic (exact) mass is 296 g/mol. The second-order valence-corrected chi connectivity index (χ2v) is 6.80. The smallest absolute Gasteiger partial charge is 0.309 e. The maximum absolute atomic E-state index is 11.5. The zero-order valence-corrected chi connectivity index (χ0v) is 12.5. The molecule has 0 bridgehead atoms. The third kappa shape index (κ3) is 2.09. The van der Waals surface area contributed by atoms with Crippen molar-refractivity contribution in [2.45, 2.75) is 44.4 Å². The van der Waals surface area contributed by atoms with E-state index in [4.69, 9.17) is 0 Å². The van der Waals surface area contributed by atoms with E-state index in [0.29, 0.717) is 11.8 Å². The molecule has 0 aliphatic heterocycles. The first-order valence-corrected chi connectivity index (χ1v) is 8.13. The Kier molecular flexibility index (Phi) is 3.13. The Morgan fingerprint density at radius 2 is 1.91 bits per heavy atom. The Balaban J connectivity index is 1.55. The standard InChI is InChI=1S/C18H20N2O2/c21-17(22)18(7-8-18)13-3-1-12(2-4-13)14-5-10-20-16-6-9-19-11-15(14)16/h5-6,9-13H,1-4,7-8H2,(H,21,22)/t12-,13-. The molecule has 114 valence electrons. The van der Waals surface area contributed by atoms with Gasteiger partial charge in [-0.3, -0.25) is 14.8 Å². The first kappa shape index (κ1) is 13.7. The van der Waals surface area contributed by atoms with Crippen LogP contribution < -0.4 is 0 Å². The molecule has 0 unspecified atom stereocenters. The highest BCUT2D eigenvalue weighted by Gasteiger charge is 2.56. The van der Waals surface area contributed by atoms with Crippen molar-refractivity contribution in [1.29, 1.82) is 0 Å². The summed E-state index contributed by atoms with van der Waals surface area (Å²) < 4.78 is 0. The Bertz CT molecular complexity index is 711. The van der Waals surface area contributed by atoms with Gasteiger partial charge in [-0.05, 0) is 68.1 Å². The van der Waals surface area contributed by atoms with Crippen LogP contribution in [0.1, 0.15) is 50.0 Å². The summed E-state index contributed by atoms with van der Waals surface area (Å²) in [6.07, 6.45) is 11.5. The topological polar surface area (TPSA) is 63.1 Å². The van der Waals surface area contributed by atoms with E-state index in [0.717, 1.165) is 49.4 Å². The van der Waals surface area contributed by atoms with Gasteiger partial charge in [0, 0.05) is 24.0 Å². The van der Waals surface area contributed by atoms with Gasteiger partial charge in [-0.15, -0.1) is 0 Å². The summed E-state index contributed by atoms with van der Waals surface area (Å²) in [6, 6.07) is 4.06. The molecular weight excluding hydrogens is 276 g/mol. The molecule has 2 saturated carbocycles. The van der Waals surface area contributed by atoms with Crippen LogP contribution in [0.4, 0.5) is 0 Å². The molecule has 0 aromatic carbocycles. The van der Waals surface area contributed by atoms with E-state index in [1.807, 2.05) is 18.5 Å². The fraction of sp³-hybridized carbons (Fsp3) is 0.500. The molecule has 0 radical (unpaired) electrons. The van der Waals surface area contributed by atoms with Gasteiger partial charge in [-0.1, -0.05) is 0 Å². The summed E-state index contributed by atoms with van der Waals surface area (Å²) in [5.74, 6) is 0.303. The van der Waals surface area contributed by atoms with Crippen molar-refractivity contribution >= 4 is 16.9 Å². The van der Waals surface area contributed by atoms with Gasteiger partial charge in [0.05, 0.1) is 10.9 Å². The van der Waals surface area contributed by atoms with Crippen LogP contribution in [0.3, 0.4) is 0 Å². The molecule has 4 nitrogen and oxygen atoms in total. The van der Waals surface area contributed by atoms with Crippen molar-refractivity contribution in [3.63, 3.8) is 0 Å². The van der Waals surface area contributed by atoms with Crippen LogP contribution in [0.15, 0.2) is 30.7 Å². The van der Waals surface area contributed by atoms with E-state index < -0.39 is 5.97 Å². The molecule has 0 spiro atoms. The predicted octanol–water partition coefficient (Wildman–Crippen LogP) is 3.77. The molecule has 2 aromatic heterocycles. The van der Waals surface area contributed by atoms with Crippen molar-refractivity contribution in [2.24, 2.45) is 11.3 Å². The lowest BCUT2D eigenvalue weighted by atomic mass is 9.72. The lowest BCUT2D eigenvalue weighted by Crippen LogP contribution is -2.28. The molecule has 4 rings (SSSR count). The average Bonchev–Trinajstić information content (AvgIpc) is 3.36. The van der Waals surface area contributed by atoms with E-state index in [1.165, 1.54) is 5.56 Å². The molecule has 22 heavy (non-hydrogen) atoms. The first-order valence-electron chi connectivity index (χ1n) is 8.13. The van der Waals surface area contributed by atoms with Crippen molar-refractivity contribution in [1.82, 2.24) is 9.97 Å². The molecular formula is C18H20N2O2. The minimum absolute atomic E-state index is 0.368. The van der Waals surface area contributed by atoms with E-state index >= 15 is 0 Å². The lowest BCUT2D eigenvalue weighted by molar-refractivity contribution is -0.146. The molecule has 2 aromatic rings. The number of rotatable bonds is 3. The number of hydrogen-bond donors (Lipinski definition) is 1. The number of carboxylic acids is 1. The summed E-state index contributed by atoms with van der Waals surface area (Å²) in [6.45, 7) is 0. The fourth-order valence-electron chi connectivity index (χ4n) is 4.25. The molecule has 2 heterocycles. The number of aliphatic carboxylic acids is 1. The highest BCUT2D eigenvalue weighted by molar-refractivity contribution is 5.81. The Morgan fingerprint density at radius 3 is 2.59 bits per heavy atom. The van der Waals surface area contributed by atoms with Gasteiger partial charge in [0.1, 0.15) is 0 Å². The maximum atomic E-state index is 11.5. The summed E-state index contributed by atoms with van der Waals surface area (Å²) in [5, 5.41) is 10.6. The third-order valence-electron chi connectivity index (χ3n) is 5.74. The number of pyridine rings is 2. The second-order valence-electron chi connectivity index (χ2n) is 6.80. The fourth-order valence-corrected chi connectivity index (χ4v) is 4.25. The molecule has 4 heteroatoms. The normalized spacial score (nSPS) is 26.7. The van der Waals surface area contributed by atoms with Gasteiger partial charge >= 0.3 is 5.97 Å². The highest BCUT2D eigenvalue weighted by atomic mass is 16.4. The van der Waals surface area contributed by atoms with E-state index in [9.17, 15) is 9.90 Å². The second kappa shape index (κ2) is 5.04. The molecule has 0 saturated heterocycles. The van der Waals surface area contributed by atoms with Crippen LogP contribution in [0.2, 0.25) is 0 Å². The van der Waals surface area contributed by atoms with Crippen LogP contribution in [-0.4, -0.2) is 21.0 Å². The Hall–Kier alpha value is -1.97. The largest absolute Gasteiger partial charge is 0.481 e. The number of carbonyl (C=O) groups is 1. The van der Waals surface area contributed by atoms with E-state index in [-0.39, 0.29) is 5.41 Å². The summed E-state index contributed by atoms with van der Waals surface area (Å²) in [7, 11) is 0. The predicted molar refractivity (Wildman–Crippen MR) is 83.5 cm³/mol. The Morgan fingerprint density at radius 1 is 1.14 bits per heavy atom. The van der Waals surface area contributed by atoms with Crippen molar-refractivity contribution in [2.75, 3.05) is 0 Å². The summed E-state index contributed by atoms with van der Waals surface area (Å²) >= 11 is 0. The highest BCUT2D eigenvalue weighted by Crippen LogP contribution is 2.57. The summed E-state index contributed by atoms with van der Waals surface area (Å²) in [4.78, 5) is 20.1. The van der Waals surface area contributed by atoms with Gasteiger partial charge < -0.3 is 5.11 Å². The van der Waals surface area contributed by atoms with Crippen LogP contribution in [0, 0.1) is 11.3 Å². The van der Waals surface area contributed by atoms with Gasteiger partial charge in [0.25, 0.3) is 0 Å². The SMILES string of the molecule is O=C(O)C1([C@H]2CC[C@H](c3ccnc4ccncc43)CC2)CC1. The zero-order valence-electron chi connectivity index (χ0n) is 12.5. The van der Waals surface area contributed by atoms with Crippen LogP contribution in [0.5, 0.6) is 0 Å². The molecule has 2 fully saturated rings. The molecule has 2 aliphatic carbocycles. The molecule has 0 atom stereocenters. The lowest BCUT2D eigenvalue weighted by Gasteiger charge is -2.32. The van der Waals surface area contributed by atoms with Crippen molar-refractivity contribution < 1.29 is 9.90 Å². The van der Waals surface area contributed by atoms with Crippen molar-refractivity contribution in [3.8, 4) is 0 Å². The molecule has 2 aliphatic rings. The first-order chi connectivity index (χ1) is 10.7. The van der Waals surface area contributed by atoms with Gasteiger partial charge in [0.2, 0.25) is 0 Å². The van der Waals surface area contributed by atoms with Gasteiger partial charge in [-0.2, -0.15) is 0 Å². The van der Waals surface area contributed by atoms with Gasteiger partial charge in [-0.25, -0.2) is 0 Å². The molecule has 0 amide bonds. The maximum Gasteiger partial charge on any atom is 0.309 e. The minimum Gasteiger partial charge on any atom is -0.481 e. The van der Waals surface area contributed by atoms with Gasteiger partial charge in [0.15, 0.2) is 0 Å². The number of hydrogen-bond acceptors (Lipinski definition) is 3. The van der Waals surface area contributed by atoms with E-state index in [1.54, 1.807) is 6.20 Å². The van der Waals surface area contributed by atoms with Crippen LogP contribution in [0.25, 0.3) is 10.9 Å². The number of fused-ring (bicyclic) bond motifs is 1. The minimum atomic E-state index is -0.575.